The Hall–Kier alpha value is -2.01. The monoisotopic (exact) mass is 316 g/mol. The first-order valence-electron chi connectivity index (χ1n) is 7.62. The molecule has 4 nitrogen and oxygen atoms in total. The van der Waals surface area contributed by atoms with Crippen LogP contribution in [-0.2, 0) is 0 Å². The Morgan fingerprint density at radius 2 is 2.23 bits per heavy atom. The predicted octanol–water partition coefficient (Wildman–Crippen LogP) is 4.52. The summed E-state index contributed by atoms with van der Waals surface area (Å²) in [5, 5.41) is 5.06. The minimum absolute atomic E-state index is 0.0527. The molecule has 5 heteroatoms. The Kier molecular flexibility index (Phi) is 4.63. The van der Waals surface area contributed by atoms with Gasteiger partial charge in [-0.1, -0.05) is 18.2 Å². The molecule has 3 rings (SSSR count). The van der Waals surface area contributed by atoms with Crippen LogP contribution in [0.25, 0.3) is 0 Å². The van der Waals surface area contributed by atoms with E-state index in [0.29, 0.717) is 12.4 Å². The van der Waals surface area contributed by atoms with Crippen molar-refractivity contribution in [2.75, 3.05) is 18.5 Å². The fourth-order valence-electron chi connectivity index (χ4n) is 2.82. The van der Waals surface area contributed by atoms with E-state index >= 15 is 0 Å². The topological polar surface area (TPSA) is 41.6 Å². The van der Waals surface area contributed by atoms with Crippen molar-refractivity contribution >= 4 is 23.1 Å². The van der Waals surface area contributed by atoms with Gasteiger partial charge in [0.2, 0.25) is 0 Å². The van der Waals surface area contributed by atoms with Gasteiger partial charge in [0, 0.05) is 11.4 Å². The van der Waals surface area contributed by atoms with E-state index in [1.165, 1.54) is 4.88 Å². The van der Waals surface area contributed by atoms with Crippen LogP contribution in [0.3, 0.4) is 0 Å². The Morgan fingerprint density at radius 3 is 3.00 bits per heavy atom. The molecule has 2 aromatic rings. The molecule has 0 aliphatic carbocycles. The summed E-state index contributed by atoms with van der Waals surface area (Å²) >= 11 is 1.71. The molecule has 0 radical (unpaired) electrons. The van der Waals surface area contributed by atoms with Gasteiger partial charge in [0.25, 0.3) is 0 Å². The molecule has 116 valence electrons. The number of rotatable bonds is 4. The molecule has 1 aliphatic heterocycles. The van der Waals surface area contributed by atoms with Gasteiger partial charge in [0.15, 0.2) is 0 Å². The van der Waals surface area contributed by atoms with Crippen LogP contribution in [0.15, 0.2) is 41.8 Å². The van der Waals surface area contributed by atoms with Crippen LogP contribution < -0.4 is 10.1 Å². The number of anilines is 1. The van der Waals surface area contributed by atoms with Crippen molar-refractivity contribution < 1.29 is 9.53 Å². The molecule has 22 heavy (non-hydrogen) atoms. The molecular formula is C17H20N2O2S. The normalized spacial score (nSPS) is 17.5. The number of carbonyl (C=O) groups is 1. The zero-order valence-electron chi connectivity index (χ0n) is 12.6. The van der Waals surface area contributed by atoms with Crippen molar-refractivity contribution in [2.24, 2.45) is 0 Å². The highest BCUT2D eigenvalue weighted by molar-refractivity contribution is 7.10. The summed E-state index contributed by atoms with van der Waals surface area (Å²) in [5.41, 5.74) is 0.728. The standard InChI is InChI=1S/C17H20N2O2S/c1-2-21-15-9-4-3-7-13(15)18-17(20)19-11-5-8-14(19)16-10-6-12-22-16/h3-4,6-7,9-10,12,14H,2,5,8,11H2,1H3,(H,18,20)/t14-/m1/s1. The molecule has 1 atom stereocenters. The SMILES string of the molecule is CCOc1ccccc1NC(=O)N1CCC[C@@H]1c1cccs1. The first-order valence-corrected chi connectivity index (χ1v) is 8.50. The molecular weight excluding hydrogens is 296 g/mol. The van der Waals surface area contributed by atoms with Gasteiger partial charge in [-0.25, -0.2) is 4.79 Å². The summed E-state index contributed by atoms with van der Waals surface area (Å²) in [6, 6.07) is 11.8. The molecule has 1 aliphatic rings. The summed E-state index contributed by atoms with van der Waals surface area (Å²) in [5.74, 6) is 0.713. The van der Waals surface area contributed by atoms with E-state index < -0.39 is 0 Å². The Balaban J connectivity index is 1.74. The van der Waals surface area contributed by atoms with Crippen LogP contribution in [0.5, 0.6) is 5.75 Å². The van der Waals surface area contributed by atoms with Crippen LogP contribution in [0.4, 0.5) is 10.5 Å². The highest BCUT2D eigenvalue weighted by atomic mass is 32.1. The maximum Gasteiger partial charge on any atom is 0.322 e. The Morgan fingerprint density at radius 1 is 1.36 bits per heavy atom. The molecule has 1 aromatic carbocycles. The fraction of sp³-hybridized carbons (Fsp3) is 0.353. The predicted molar refractivity (Wildman–Crippen MR) is 89.6 cm³/mol. The number of benzene rings is 1. The summed E-state index contributed by atoms with van der Waals surface area (Å²) < 4.78 is 5.57. The third-order valence-corrected chi connectivity index (χ3v) is 4.79. The second-order valence-corrected chi connectivity index (χ2v) is 6.21. The highest BCUT2D eigenvalue weighted by Crippen LogP contribution is 2.35. The van der Waals surface area contributed by atoms with Crippen molar-refractivity contribution in [3.05, 3.63) is 46.7 Å². The molecule has 0 spiro atoms. The van der Waals surface area contributed by atoms with E-state index in [1.807, 2.05) is 42.2 Å². The quantitative estimate of drug-likeness (QED) is 0.901. The minimum atomic E-state index is -0.0527. The molecule has 1 N–H and O–H groups in total. The van der Waals surface area contributed by atoms with E-state index in [-0.39, 0.29) is 12.1 Å². The number of para-hydroxylation sites is 2. The molecule has 2 amide bonds. The second-order valence-electron chi connectivity index (χ2n) is 5.23. The zero-order valence-corrected chi connectivity index (χ0v) is 13.4. The van der Waals surface area contributed by atoms with Crippen molar-refractivity contribution in [1.82, 2.24) is 4.90 Å². The van der Waals surface area contributed by atoms with E-state index in [1.54, 1.807) is 11.3 Å². The number of likely N-dealkylation sites (tertiary alicyclic amines) is 1. The van der Waals surface area contributed by atoms with Crippen LogP contribution in [-0.4, -0.2) is 24.1 Å². The smallest absolute Gasteiger partial charge is 0.322 e. The van der Waals surface area contributed by atoms with Crippen molar-refractivity contribution in [3.63, 3.8) is 0 Å². The summed E-state index contributed by atoms with van der Waals surface area (Å²) in [4.78, 5) is 15.8. The number of ether oxygens (including phenoxy) is 1. The van der Waals surface area contributed by atoms with E-state index in [4.69, 9.17) is 4.74 Å². The lowest BCUT2D eigenvalue weighted by Crippen LogP contribution is -2.34. The minimum Gasteiger partial charge on any atom is -0.492 e. The van der Waals surface area contributed by atoms with Gasteiger partial charge < -0.3 is 15.0 Å². The van der Waals surface area contributed by atoms with E-state index in [9.17, 15) is 4.79 Å². The fourth-order valence-corrected chi connectivity index (χ4v) is 3.70. The number of nitrogens with zero attached hydrogens (tertiary/aromatic N) is 1. The van der Waals surface area contributed by atoms with Gasteiger partial charge in [-0.05, 0) is 43.3 Å². The van der Waals surface area contributed by atoms with E-state index in [0.717, 1.165) is 25.1 Å². The Bertz CT molecular complexity index is 627. The zero-order chi connectivity index (χ0) is 15.4. The number of thiophene rings is 1. The molecule has 1 saturated heterocycles. The molecule has 0 bridgehead atoms. The number of carbonyl (C=O) groups excluding carboxylic acids is 1. The van der Waals surface area contributed by atoms with Crippen LogP contribution in [0, 0.1) is 0 Å². The lowest BCUT2D eigenvalue weighted by Gasteiger charge is -2.24. The molecule has 0 unspecified atom stereocenters. The number of hydrogen-bond donors (Lipinski definition) is 1. The number of nitrogens with one attached hydrogen (secondary N) is 1. The van der Waals surface area contributed by atoms with Gasteiger partial charge in [-0.15, -0.1) is 11.3 Å². The third-order valence-electron chi connectivity index (χ3n) is 3.81. The van der Waals surface area contributed by atoms with Gasteiger partial charge in [0.1, 0.15) is 5.75 Å². The Labute approximate surface area is 134 Å². The van der Waals surface area contributed by atoms with E-state index in [2.05, 4.69) is 16.8 Å². The first-order chi connectivity index (χ1) is 10.8. The van der Waals surface area contributed by atoms with Crippen molar-refractivity contribution in [1.29, 1.82) is 0 Å². The van der Waals surface area contributed by atoms with Crippen LogP contribution in [0.2, 0.25) is 0 Å². The van der Waals surface area contributed by atoms with Gasteiger partial charge >= 0.3 is 6.03 Å². The number of hydrogen-bond acceptors (Lipinski definition) is 3. The average molecular weight is 316 g/mol. The van der Waals surface area contributed by atoms with Crippen LogP contribution in [0.1, 0.15) is 30.7 Å². The highest BCUT2D eigenvalue weighted by Gasteiger charge is 2.30. The molecule has 0 saturated carbocycles. The second kappa shape index (κ2) is 6.83. The van der Waals surface area contributed by atoms with Gasteiger partial charge in [-0.2, -0.15) is 0 Å². The number of amides is 2. The van der Waals surface area contributed by atoms with Crippen molar-refractivity contribution in [2.45, 2.75) is 25.8 Å². The van der Waals surface area contributed by atoms with Crippen molar-refractivity contribution in [3.8, 4) is 5.75 Å². The molecule has 1 aromatic heterocycles. The summed E-state index contributed by atoms with van der Waals surface area (Å²) in [7, 11) is 0. The third kappa shape index (κ3) is 3.09. The first kappa shape index (κ1) is 14.9. The van der Waals surface area contributed by atoms with Gasteiger partial charge in [0.05, 0.1) is 18.3 Å². The molecule has 2 heterocycles. The summed E-state index contributed by atoms with van der Waals surface area (Å²) in [6.07, 6.45) is 2.07. The molecule has 1 fully saturated rings. The number of urea groups is 1. The largest absolute Gasteiger partial charge is 0.492 e. The maximum atomic E-state index is 12.6. The maximum absolute atomic E-state index is 12.6. The average Bonchev–Trinajstić information content (AvgIpc) is 3.20. The van der Waals surface area contributed by atoms with Gasteiger partial charge in [-0.3, -0.25) is 0 Å². The summed E-state index contributed by atoms with van der Waals surface area (Å²) in [6.45, 7) is 3.31. The lowest BCUT2D eigenvalue weighted by atomic mass is 10.2. The van der Waals surface area contributed by atoms with Crippen LogP contribution >= 0.6 is 11.3 Å². The lowest BCUT2D eigenvalue weighted by molar-refractivity contribution is 0.207.